The third-order valence-corrected chi connectivity index (χ3v) is 4.83. The van der Waals surface area contributed by atoms with Gasteiger partial charge >= 0.3 is 0 Å². The zero-order chi connectivity index (χ0) is 15.3. The fourth-order valence-electron chi connectivity index (χ4n) is 3.17. The van der Waals surface area contributed by atoms with Crippen LogP contribution in [0, 0.1) is 5.92 Å². The van der Waals surface area contributed by atoms with Gasteiger partial charge in [0, 0.05) is 19.0 Å². The van der Waals surface area contributed by atoms with Gasteiger partial charge in [-0.1, -0.05) is 78.1 Å². The molecule has 2 heteroatoms. The molecule has 0 radical (unpaired) electrons. The van der Waals surface area contributed by atoms with Crippen molar-refractivity contribution < 1.29 is 4.79 Å². The summed E-state index contributed by atoms with van der Waals surface area (Å²) in [5.41, 5.74) is 0. The van der Waals surface area contributed by atoms with E-state index < -0.39 is 0 Å². The second-order valence-electron chi connectivity index (χ2n) is 6.78. The number of rotatable bonds is 13. The van der Waals surface area contributed by atoms with Gasteiger partial charge in [0.15, 0.2) is 0 Å². The van der Waals surface area contributed by atoms with Gasteiger partial charge in [-0.05, 0) is 19.3 Å². The van der Waals surface area contributed by atoms with Crippen LogP contribution in [0.1, 0.15) is 97.3 Å². The van der Waals surface area contributed by atoms with Crippen LogP contribution in [0.5, 0.6) is 0 Å². The van der Waals surface area contributed by atoms with Gasteiger partial charge in [-0.2, -0.15) is 0 Å². The highest BCUT2D eigenvalue weighted by Gasteiger charge is 2.27. The lowest BCUT2D eigenvalue weighted by Crippen LogP contribution is -2.45. The molecule has 0 saturated carbocycles. The molecule has 21 heavy (non-hydrogen) atoms. The summed E-state index contributed by atoms with van der Waals surface area (Å²) in [7, 11) is 0. The van der Waals surface area contributed by atoms with Crippen LogP contribution in [0.25, 0.3) is 0 Å². The van der Waals surface area contributed by atoms with Gasteiger partial charge in [0.1, 0.15) is 0 Å². The zero-order valence-electron chi connectivity index (χ0n) is 14.5. The van der Waals surface area contributed by atoms with Gasteiger partial charge in [0.2, 0.25) is 5.91 Å². The Kier molecular flexibility index (Phi) is 10.6. The minimum absolute atomic E-state index is 0.327. The highest BCUT2D eigenvalue weighted by molar-refractivity contribution is 5.79. The van der Waals surface area contributed by atoms with E-state index >= 15 is 0 Å². The molecule has 0 aromatic carbocycles. The number of nitrogens with zero attached hydrogens (tertiary/aromatic N) is 1. The van der Waals surface area contributed by atoms with Crippen LogP contribution >= 0.6 is 0 Å². The Bertz CT molecular complexity index is 246. The first-order valence-corrected chi connectivity index (χ1v) is 9.58. The average molecular weight is 296 g/mol. The van der Waals surface area contributed by atoms with Crippen LogP contribution in [0.2, 0.25) is 0 Å². The standard InChI is InChI=1S/C19H37NO/c1-3-5-7-9-11-14-18(15-12-10-8-6-4-2)19(21)20-16-13-17-20/h18H,3-17H2,1-2H3. The molecule has 1 saturated heterocycles. The Labute approximate surface area is 132 Å². The summed E-state index contributed by atoms with van der Waals surface area (Å²) < 4.78 is 0. The molecule has 1 aliphatic rings. The number of carbonyl (C=O) groups excluding carboxylic acids is 1. The predicted molar refractivity (Wildman–Crippen MR) is 91.4 cm³/mol. The molecule has 2 nitrogen and oxygen atoms in total. The molecule has 1 amide bonds. The second kappa shape index (κ2) is 12.1. The summed E-state index contributed by atoms with van der Waals surface area (Å²) in [6.45, 7) is 6.54. The van der Waals surface area contributed by atoms with Crippen molar-refractivity contribution in [3.63, 3.8) is 0 Å². The summed E-state index contributed by atoms with van der Waals surface area (Å²) in [6, 6.07) is 0. The normalized spacial score (nSPS) is 14.5. The topological polar surface area (TPSA) is 20.3 Å². The van der Waals surface area contributed by atoms with Crippen LogP contribution < -0.4 is 0 Å². The molecular weight excluding hydrogens is 258 g/mol. The van der Waals surface area contributed by atoms with E-state index in [1.165, 1.54) is 70.6 Å². The average Bonchev–Trinajstić information content (AvgIpc) is 2.42. The molecule has 0 atom stereocenters. The fraction of sp³-hybridized carbons (Fsp3) is 0.947. The Morgan fingerprint density at radius 2 is 1.29 bits per heavy atom. The van der Waals surface area contributed by atoms with Crippen LogP contribution in [-0.2, 0) is 4.79 Å². The van der Waals surface area contributed by atoms with Crippen molar-refractivity contribution in [3.8, 4) is 0 Å². The van der Waals surface area contributed by atoms with E-state index in [1.807, 2.05) is 0 Å². The number of likely N-dealkylation sites (tertiary alicyclic amines) is 1. The van der Waals surface area contributed by atoms with Crippen molar-refractivity contribution in [2.45, 2.75) is 97.3 Å². The summed E-state index contributed by atoms with van der Waals surface area (Å²) in [5, 5.41) is 0. The smallest absolute Gasteiger partial charge is 0.225 e. The van der Waals surface area contributed by atoms with Crippen molar-refractivity contribution in [2.75, 3.05) is 13.1 Å². The molecule has 0 aromatic rings. The van der Waals surface area contributed by atoms with Crippen LogP contribution in [0.3, 0.4) is 0 Å². The summed E-state index contributed by atoms with van der Waals surface area (Å²) in [6.07, 6.45) is 16.6. The minimum atomic E-state index is 0.327. The monoisotopic (exact) mass is 295 g/mol. The van der Waals surface area contributed by atoms with Crippen LogP contribution in [-0.4, -0.2) is 23.9 Å². The maximum Gasteiger partial charge on any atom is 0.225 e. The quantitative estimate of drug-likeness (QED) is 0.408. The van der Waals surface area contributed by atoms with Crippen molar-refractivity contribution >= 4 is 5.91 Å². The largest absolute Gasteiger partial charge is 0.342 e. The van der Waals surface area contributed by atoms with Gasteiger partial charge in [0.25, 0.3) is 0 Å². The Morgan fingerprint density at radius 1 is 0.810 bits per heavy atom. The molecule has 0 aliphatic carbocycles. The molecular formula is C19H37NO. The van der Waals surface area contributed by atoms with E-state index in [-0.39, 0.29) is 0 Å². The lowest BCUT2D eigenvalue weighted by atomic mass is 9.92. The lowest BCUT2D eigenvalue weighted by Gasteiger charge is -2.34. The van der Waals surface area contributed by atoms with Gasteiger partial charge in [0.05, 0.1) is 0 Å². The maximum absolute atomic E-state index is 12.5. The molecule has 1 aliphatic heterocycles. The highest BCUT2D eigenvalue weighted by Crippen LogP contribution is 2.23. The van der Waals surface area contributed by atoms with Crippen molar-refractivity contribution in [1.29, 1.82) is 0 Å². The van der Waals surface area contributed by atoms with E-state index in [2.05, 4.69) is 18.7 Å². The molecule has 0 bridgehead atoms. The first kappa shape index (κ1) is 18.5. The number of hydrogen-bond donors (Lipinski definition) is 0. The van der Waals surface area contributed by atoms with Crippen molar-refractivity contribution in [2.24, 2.45) is 5.92 Å². The van der Waals surface area contributed by atoms with Gasteiger partial charge < -0.3 is 4.90 Å². The molecule has 1 fully saturated rings. The van der Waals surface area contributed by atoms with E-state index in [0.29, 0.717) is 11.8 Å². The Hall–Kier alpha value is -0.530. The zero-order valence-corrected chi connectivity index (χ0v) is 14.5. The van der Waals surface area contributed by atoms with Crippen molar-refractivity contribution in [1.82, 2.24) is 4.90 Å². The number of unbranched alkanes of at least 4 members (excludes halogenated alkanes) is 8. The molecule has 0 spiro atoms. The van der Waals surface area contributed by atoms with E-state index in [4.69, 9.17) is 0 Å². The van der Waals surface area contributed by atoms with Crippen LogP contribution in [0.15, 0.2) is 0 Å². The molecule has 0 aromatic heterocycles. The van der Waals surface area contributed by atoms with E-state index in [9.17, 15) is 4.79 Å². The third-order valence-electron chi connectivity index (χ3n) is 4.83. The first-order chi connectivity index (χ1) is 10.3. The number of amides is 1. The van der Waals surface area contributed by atoms with E-state index in [1.54, 1.807) is 0 Å². The first-order valence-electron chi connectivity index (χ1n) is 9.58. The molecule has 1 rings (SSSR count). The van der Waals surface area contributed by atoms with Gasteiger partial charge in [-0.3, -0.25) is 4.79 Å². The summed E-state index contributed by atoms with van der Waals surface area (Å²) >= 11 is 0. The van der Waals surface area contributed by atoms with Gasteiger partial charge in [-0.25, -0.2) is 0 Å². The fourth-order valence-corrected chi connectivity index (χ4v) is 3.17. The summed E-state index contributed by atoms with van der Waals surface area (Å²) in [4.78, 5) is 14.6. The molecule has 0 unspecified atom stereocenters. The predicted octanol–water partition coefficient (Wildman–Crippen LogP) is 5.56. The number of hydrogen-bond acceptors (Lipinski definition) is 1. The molecule has 1 heterocycles. The molecule has 124 valence electrons. The SMILES string of the molecule is CCCCCCCC(CCCCCCC)C(=O)N1CCC1. The maximum atomic E-state index is 12.5. The lowest BCUT2D eigenvalue weighted by molar-refractivity contribution is -0.139. The minimum Gasteiger partial charge on any atom is -0.342 e. The highest BCUT2D eigenvalue weighted by atomic mass is 16.2. The van der Waals surface area contributed by atoms with E-state index in [0.717, 1.165) is 25.9 Å². The Balaban J connectivity index is 2.22. The molecule has 0 N–H and O–H groups in total. The van der Waals surface area contributed by atoms with Gasteiger partial charge in [-0.15, -0.1) is 0 Å². The van der Waals surface area contributed by atoms with Crippen molar-refractivity contribution in [3.05, 3.63) is 0 Å². The second-order valence-corrected chi connectivity index (χ2v) is 6.78. The third kappa shape index (κ3) is 7.87. The number of carbonyl (C=O) groups is 1. The summed E-state index contributed by atoms with van der Waals surface area (Å²) in [5.74, 6) is 0.792. The van der Waals surface area contributed by atoms with Crippen LogP contribution in [0.4, 0.5) is 0 Å². The Morgan fingerprint density at radius 3 is 1.67 bits per heavy atom.